The van der Waals surface area contributed by atoms with Crippen molar-refractivity contribution in [1.29, 1.82) is 0 Å². The molecule has 0 heterocycles. The largest absolute Gasteiger partial charge is 0.507 e. The number of phenolic OH excluding ortho intramolecular Hbond substituents is 1. The van der Waals surface area contributed by atoms with Crippen molar-refractivity contribution in [2.24, 2.45) is 22.9 Å². The van der Waals surface area contributed by atoms with Crippen LogP contribution in [0.3, 0.4) is 0 Å². The molecule has 2 aliphatic carbocycles. The molecule has 0 radical (unpaired) electrons. The van der Waals surface area contributed by atoms with E-state index in [2.05, 4.69) is 22.7 Å². The summed E-state index contributed by atoms with van der Waals surface area (Å²) in [6.07, 6.45) is 8.69. The van der Waals surface area contributed by atoms with Gasteiger partial charge in [0.05, 0.1) is 5.56 Å². The molecule has 0 aliphatic heterocycles. The first kappa shape index (κ1) is 14.0. The summed E-state index contributed by atoms with van der Waals surface area (Å²) in [6.45, 7) is 0. The number of hydrogen-bond acceptors (Lipinski definition) is 3. The molecular weight excluding hydrogens is 288 g/mol. The Morgan fingerprint density at radius 1 is 1.17 bits per heavy atom. The summed E-state index contributed by atoms with van der Waals surface area (Å²) in [4.78, 5) is 12.2. The summed E-state index contributed by atoms with van der Waals surface area (Å²) in [6, 6.07) is 10.9. The van der Waals surface area contributed by atoms with E-state index < -0.39 is 0 Å². The second-order valence-electron chi connectivity index (χ2n) is 6.38. The number of hydrogen-bond donors (Lipinski definition) is 2. The van der Waals surface area contributed by atoms with Gasteiger partial charge in [0.25, 0.3) is 5.91 Å². The van der Waals surface area contributed by atoms with Crippen LogP contribution in [0.1, 0.15) is 23.2 Å². The molecular formula is C19H18N2O2. The lowest BCUT2D eigenvalue weighted by atomic mass is 9.95. The van der Waals surface area contributed by atoms with E-state index >= 15 is 0 Å². The molecule has 23 heavy (non-hydrogen) atoms. The quantitative estimate of drug-likeness (QED) is 0.518. The monoisotopic (exact) mass is 306 g/mol. The van der Waals surface area contributed by atoms with Crippen LogP contribution in [0.5, 0.6) is 5.75 Å². The Balaban J connectivity index is 1.48. The summed E-state index contributed by atoms with van der Waals surface area (Å²) in [5.41, 5.74) is 2.78. The standard InChI is InChI=1S/C19H18N2O2/c22-18-10-14-4-2-1-3-13(14)9-17(18)19(23)21-20-11-16-8-12-5-6-15(16)7-12/h1-6,9-12,15-16,22H,7-8H2,(H,21,23)/b20-11+. The Labute approximate surface area is 134 Å². The van der Waals surface area contributed by atoms with E-state index in [9.17, 15) is 9.90 Å². The topological polar surface area (TPSA) is 61.7 Å². The minimum Gasteiger partial charge on any atom is -0.507 e. The number of aromatic hydroxyl groups is 1. The van der Waals surface area contributed by atoms with E-state index in [1.165, 1.54) is 6.42 Å². The average molecular weight is 306 g/mol. The fourth-order valence-electron chi connectivity index (χ4n) is 3.66. The van der Waals surface area contributed by atoms with E-state index in [0.29, 0.717) is 17.8 Å². The van der Waals surface area contributed by atoms with Gasteiger partial charge in [-0.2, -0.15) is 5.10 Å². The molecule has 1 amide bonds. The summed E-state index contributed by atoms with van der Waals surface area (Å²) < 4.78 is 0. The highest BCUT2D eigenvalue weighted by molar-refractivity contribution is 6.01. The number of carbonyl (C=O) groups is 1. The van der Waals surface area contributed by atoms with Gasteiger partial charge in [-0.15, -0.1) is 0 Å². The molecule has 4 rings (SSSR count). The van der Waals surface area contributed by atoms with Gasteiger partial charge in [-0.1, -0.05) is 36.4 Å². The van der Waals surface area contributed by atoms with Gasteiger partial charge < -0.3 is 5.11 Å². The fraction of sp³-hybridized carbons (Fsp3) is 0.263. The normalized spacial score (nSPS) is 25.5. The van der Waals surface area contributed by atoms with Crippen molar-refractivity contribution in [3.63, 3.8) is 0 Å². The molecule has 4 nitrogen and oxygen atoms in total. The molecule has 0 saturated heterocycles. The molecule has 116 valence electrons. The molecule has 0 aromatic heterocycles. The Bertz CT molecular complexity index is 825. The number of nitrogens with zero attached hydrogens (tertiary/aromatic N) is 1. The SMILES string of the molecule is O=C(N/N=C/C1CC2C=CC1C2)c1cc2ccccc2cc1O. The van der Waals surface area contributed by atoms with Gasteiger partial charge in [-0.3, -0.25) is 4.79 Å². The second-order valence-corrected chi connectivity index (χ2v) is 6.38. The van der Waals surface area contributed by atoms with Crippen LogP contribution in [0.2, 0.25) is 0 Å². The predicted molar refractivity (Wildman–Crippen MR) is 90.4 cm³/mol. The van der Waals surface area contributed by atoms with Crippen molar-refractivity contribution >= 4 is 22.9 Å². The molecule has 2 aromatic rings. The van der Waals surface area contributed by atoms with Gasteiger partial charge in [0.2, 0.25) is 0 Å². The van der Waals surface area contributed by atoms with E-state index in [4.69, 9.17) is 0 Å². The van der Waals surface area contributed by atoms with Crippen molar-refractivity contribution in [3.05, 3.63) is 54.1 Å². The zero-order chi connectivity index (χ0) is 15.8. The number of amides is 1. The maximum Gasteiger partial charge on any atom is 0.275 e. The lowest BCUT2D eigenvalue weighted by Gasteiger charge is -2.12. The number of hydrazone groups is 1. The van der Waals surface area contributed by atoms with Gasteiger partial charge in [0.1, 0.15) is 5.75 Å². The van der Waals surface area contributed by atoms with E-state index in [0.717, 1.165) is 17.2 Å². The molecule has 3 unspecified atom stereocenters. The van der Waals surface area contributed by atoms with Crippen LogP contribution in [0.4, 0.5) is 0 Å². The lowest BCUT2D eigenvalue weighted by Crippen LogP contribution is -2.19. The second kappa shape index (κ2) is 5.54. The Morgan fingerprint density at radius 2 is 1.96 bits per heavy atom. The molecule has 3 atom stereocenters. The molecule has 1 saturated carbocycles. The smallest absolute Gasteiger partial charge is 0.275 e. The molecule has 2 bridgehead atoms. The van der Waals surface area contributed by atoms with Crippen LogP contribution >= 0.6 is 0 Å². The maximum absolute atomic E-state index is 12.2. The molecule has 1 fully saturated rings. The summed E-state index contributed by atoms with van der Waals surface area (Å²) >= 11 is 0. The van der Waals surface area contributed by atoms with Crippen LogP contribution in [-0.2, 0) is 0 Å². The van der Waals surface area contributed by atoms with Crippen molar-refractivity contribution in [2.45, 2.75) is 12.8 Å². The van der Waals surface area contributed by atoms with Crippen molar-refractivity contribution in [2.75, 3.05) is 0 Å². The average Bonchev–Trinajstić information content (AvgIpc) is 3.17. The molecule has 2 aliphatic rings. The van der Waals surface area contributed by atoms with E-state index in [1.54, 1.807) is 12.1 Å². The minimum absolute atomic E-state index is 0.0285. The third kappa shape index (κ3) is 2.61. The highest BCUT2D eigenvalue weighted by atomic mass is 16.3. The van der Waals surface area contributed by atoms with Crippen molar-refractivity contribution in [1.82, 2.24) is 5.43 Å². The third-order valence-electron chi connectivity index (χ3n) is 4.87. The fourth-order valence-corrected chi connectivity index (χ4v) is 3.66. The number of allylic oxidation sites excluding steroid dienone is 2. The minimum atomic E-state index is -0.386. The first-order valence-corrected chi connectivity index (χ1v) is 7.94. The van der Waals surface area contributed by atoms with Gasteiger partial charge in [0.15, 0.2) is 0 Å². The lowest BCUT2D eigenvalue weighted by molar-refractivity contribution is 0.0952. The number of phenols is 1. The molecule has 2 aromatic carbocycles. The van der Waals surface area contributed by atoms with E-state index in [1.807, 2.05) is 30.5 Å². The number of rotatable bonds is 3. The molecule has 4 heteroatoms. The summed E-state index contributed by atoms with van der Waals surface area (Å²) in [5, 5.41) is 16.0. The highest BCUT2D eigenvalue weighted by Gasteiger charge is 2.34. The van der Waals surface area contributed by atoms with Crippen molar-refractivity contribution < 1.29 is 9.90 Å². The number of nitrogens with one attached hydrogen (secondary N) is 1. The maximum atomic E-state index is 12.2. The number of carbonyl (C=O) groups excluding carboxylic acids is 1. The molecule has 2 N–H and O–H groups in total. The summed E-state index contributed by atoms with van der Waals surface area (Å²) in [5.74, 6) is 1.24. The first-order chi connectivity index (χ1) is 11.2. The Morgan fingerprint density at radius 3 is 2.65 bits per heavy atom. The van der Waals surface area contributed by atoms with Crippen LogP contribution in [0.25, 0.3) is 10.8 Å². The van der Waals surface area contributed by atoms with Gasteiger partial charge in [-0.05, 0) is 47.6 Å². The zero-order valence-corrected chi connectivity index (χ0v) is 12.6. The van der Waals surface area contributed by atoms with Crippen molar-refractivity contribution in [3.8, 4) is 5.75 Å². The van der Waals surface area contributed by atoms with Gasteiger partial charge in [0, 0.05) is 12.1 Å². The summed E-state index contributed by atoms with van der Waals surface area (Å²) in [7, 11) is 0. The van der Waals surface area contributed by atoms with Crippen LogP contribution < -0.4 is 5.43 Å². The van der Waals surface area contributed by atoms with Gasteiger partial charge >= 0.3 is 0 Å². The Kier molecular flexibility index (Phi) is 3.37. The van der Waals surface area contributed by atoms with Crippen LogP contribution in [0.15, 0.2) is 53.7 Å². The van der Waals surface area contributed by atoms with Crippen LogP contribution in [0, 0.1) is 17.8 Å². The number of benzene rings is 2. The highest BCUT2D eigenvalue weighted by Crippen LogP contribution is 2.42. The third-order valence-corrected chi connectivity index (χ3v) is 4.87. The van der Waals surface area contributed by atoms with E-state index in [-0.39, 0.29) is 17.2 Å². The van der Waals surface area contributed by atoms with Gasteiger partial charge in [-0.25, -0.2) is 5.43 Å². The Hall–Kier alpha value is -2.62. The van der Waals surface area contributed by atoms with Crippen LogP contribution in [-0.4, -0.2) is 17.2 Å². The molecule has 0 spiro atoms. The first-order valence-electron chi connectivity index (χ1n) is 7.94. The zero-order valence-electron chi connectivity index (χ0n) is 12.6. The predicted octanol–water partition coefficient (Wildman–Crippen LogP) is 3.47. The number of fused-ring (bicyclic) bond motifs is 3.